The number of nitrogens with zero attached hydrogens (tertiary/aromatic N) is 1. The van der Waals surface area contributed by atoms with Gasteiger partial charge in [-0.3, -0.25) is 0 Å². The maximum Gasteiger partial charge on any atom is 0.0541 e. The summed E-state index contributed by atoms with van der Waals surface area (Å²) in [4.78, 5) is 0. The molecule has 311 valence electrons. The van der Waals surface area contributed by atoms with Crippen LogP contribution in [0.25, 0.3) is 135 Å². The van der Waals surface area contributed by atoms with Crippen molar-refractivity contribution < 1.29 is 0 Å². The van der Waals surface area contributed by atoms with Crippen LogP contribution in [0.15, 0.2) is 224 Å². The number of hydrogen-bond acceptors (Lipinski definition) is 1. The third-order valence-corrected chi connectivity index (χ3v) is 17.8. The van der Waals surface area contributed by atoms with Gasteiger partial charge in [0.05, 0.1) is 11.0 Å². The van der Waals surface area contributed by atoms with Gasteiger partial charge in [0.2, 0.25) is 0 Å². The van der Waals surface area contributed by atoms with E-state index in [4.69, 9.17) is 0 Å². The largest absolute Gasteiger partial charge is 0.309 e. The Balaban J connectivity index is 0.900. The third kappa shape index (κ3) is 5.59. The number of hydrogen-bond donors (Lipinski definition) is 0. The van der Waals surface area contributed by atoms with Crippen molar-refractivity contribution in [3.8, 4) is 50.2 Å². The zero-order chi connectivity index (χ0) is 43.7. The lowest BCUT2D eigenvalue weighted by Crippen LogP contribution is -2.21. The molecular weight excluding hydrogens is 843 g/mol. The number of thiophene rings is 1. The summed E-state index contributed by atoms with van der Waals surface area (Å²) >= 11 is 1.88. The van der Waals surface area contributed by atoms with Crippen molar-refractivity contribution >= 4 is 116 Å². The topological polar surface area (TPSA) is 4.93 Å². The van der Waals surface area contributed by atoms with Gasteiger partial charge in [-0.05, 0) is 137 Å². The second kappa shape index (κ2) is 14.2. The van der Waals surface area contributed by atoms with E-state index in [9.17, 15) is 0 Å². The average Bonchev–Trinajstić information content (AvgIpc) is 4.06. The van der Waals surface area contributed by atoms with Gasteiger partial charge in [-0.1, -0.05) is 175 Å². The van der Waals surface area contributed by atoms with Crippen molar-refractivity contribution in [3.05, 3.63) is 224 Å². The SMILES string of the molecule is c1ccc2c(c1)cc(-c1ccc3c(c1)c1cc(-c4cc5ccccc5c5ccccc45)ccc1n3-c1ccc3c(c1)[SiH2-]c1cc(-c4ccc5sc6ccccc6c5c4)ccc1-3)c1ccccc12. The van der Waals surface area contributed by atoms with E-state index < -0.39 is 9.52 Å². The first-order valence-electron chi connectivity index (χ1n) is 23.3. The summed E-state index contributed by atoms with van der Waals surface area (Å²) in [5, 5.41) is 18.5. The molecule has 0 bridgehead atoms. The van der Waals surface area contributed by atoms with Crippen LogP contribution in [-0.2, 0) is 0 Å². The fourth-order valence-corrected chi connectivity index (χ4v) is 14.8. The van der Waals surface area contributed by atoms with Gasteiger partial charge in [0.1, 0.15) is 0 Å². The molecule has 0 saturated heterocycles. The first kappa shape index (κ1) is 37.2. The van der Waals surface area contributed by atoms with Gasteiger partial charge < -0.3 is 4.57 Å². The summed E-state index contributed by atoms with van der Waals surface area (Å²) in [6, 6.07) is 84.8. The predicted molar refractivity (Wildman–Crippen MR) is 293 cm³/mol. The Kier molecular flexibility index (Phi) is 7.88. The smallest absolute Gasteiger partial charge is 0.0541 e. The molecule has 67 heavy (non-hydrogen) atoms. The number of aromatic nitrogens is 1. The van der Waals surface area contributed by atoms with Gasteiger partial charge in [0.15, 0.2) is 0 Å². The van der Waals surface area contributed by atoms with Crippen LogP contribution in [0.4, 0.5) is 0 Å². The number of fused-ring (bicyclic) bond motifs is 15. The molecule has 0 N–H and O–H groups in total. The monoisotopic (exact) mass is 881 g/mol. The highest BCUT2D eigenvalue weighted by atomic mass is 32.1. The molecule has 0 radical (unpaired) electrons. The van der Waals surface area contributed by atoms with Crippen LogP contribution in [0.2, 0.25) is 0 Å². The fourth-order valence-electron chi connectivity index (χ4n) is 11.6. The van der Waals surface area contributed by atoms with Gasteiger partial charge in [-0.2, -0.15) is 10.4 Å². The second-order valence-corrected chi connectivity index (χ2v) is 21.3. The van der Waals surface area contributed by atoms with Crippen LogP contribution in [0.1, 0.15) is 0 Å². The van der Waals surface area contributed by atoms with Crippen molar-refractivity contribution in [2.45, 2.75) is 0 Å². The summed E-state index contributed by atoms with van der Waals surface area (Å²) in [6.45, 7) is 0. The van der Waals surface area contributed by atoms with Crippen LogP contribution in [0.3, 0.4) is 0 Å². The molecule has 0 spiro atoms. The van der Waals surface area contributed by atoms with Crippen LogP contribution in [0, 0.1) is 0 Å². The third-order valence-electron chi connectivity index (χ3n) is 14.8. The van der Waals surface area contributed by atoms with Crippen molar-refractivity contribution in [3.63, 3.8) is 0 Å². The molecule has 0 aliphatic carbocycles. The summed E-state index contributed by atoms with van der Waals surface area (Å²) in [5.74, 6) is 0. The van der Waals surface area contributed by atoms with Crippen LogP contribution in [-0.4, -0.2) is 14.1 Å². The molecule has 2 aromatic heterocycles. The molecule has 14 aromatic rings. The Morgan fingerprint density at radius 1 is 0.284 bits per heavy atom. The summed E-state index contributed by atoms with van der Waals surface area (Å²) in [7, 11) is -0.733. The summed E-state index contributed by atoms with van der Waals surface area (Å²) in [6.07, 6.45) is 0. The number of benzene rings is 12. The minimum absolute atomic E-state index is 0.733. The molecule has 0 saturated carbocycles. The zero-order valence-electron chi connectivity index (χ0n) is 36.4. The minimum atomic E-state index is -0.733. The molecule has 1 nitrogen and oxygen atoms in total. The second-order valence-electron chi connectivity index (χ2n) is 18.4. The molecule has 12 aromatic carbocycles. The molecule has 3 heteroatoms. The Morgan fingerprint density at radius 3 is 1.39 bits per heavy atom. The lowest BCUT2D eigenvalue weighted by atomic mass is 9.92. The maximum absolute atomic E-state index is 2.53. The molecule has 0 atom stereocenters. The quantitative estimate of drug-likeness (QED) is 0.123. The fraction of sp³-hybridized carbons (Fsp3) is 0. The van der Waals surface area contributed by atoms with E-state index in [0.29, 0.717) is 0 Å². The highest BCUT2D eigenvalue weighted by molar-refractivity contribution is 7.25. The number of rotatable bonds is 4. The van der Waals surface area contributed by atoms with E-state index in [-0.39, 0.29) is 0 Å². The maximum atomic E-state index is 2.53. The van der Waals surface area contributed by atoms with Crippen molar-refractivity contribution in [2.24, 2.45) is 0 Å². The minimum Gasteiger partial charge on any atom is -0.309 e. The molecule has 0 unspecified atom stereocenters. The van der Waals surface area contributed by atoms with Gasteiger partial charge >= 0.3 is 0 Å². The Hall–Kier alpha value is -8.08. The zero-order valence-corrected chi connectivity index (χ0v) is 38.7. The van der Waals surface area contributed by atoms with Gasteiger partial charge in [-0.15, -0.1) is 20.9 Å². The Morgan fingerprint density at radius 2 is 0.746 bits per heavy atom. The highest BCUT2D eigenvalue weighted by Gasteiger charge is 2.20. The van der Waals surface area contributed by atoms with Crippen LogP contribution < -0.4 is 10.4 Å². The molecule has 3 heterocycles. The van der Waals surface area contributed by atoms with Crippen LogP contribution in [0.5, 0.6) is 0 Å². The van der Waals surface area contributed by atoms with E-state index in [1.54, 1.807) is 0 Å². The predicted octanol–water partition coefficient (Wildman–Crippen LogP) is 15.9. The van der Waals surface area contributed by atoms with Crippen LogP contribution >= 0.6 is 11.3 Å². The average molecular weight is 882 g/mol. The van der Waals surface area contributed by atoms with Crippen molar-refractivity contribution in [1.29, 1.82) is 0 Å². The van der Waals surface area contributed by atoms with Crippen molar-refractivity contribution in [1.82, 2.24) is 4.57 Å². The van der Waals surface area contributed by atoms with Crippen molar-refractivity contribution in [2.75, 3.05) is 0 Å². The van der Waals surface area contributed by atoms with E-state index in [0.717, 1.165) is 0 Å². The first-order chi connectivity index (χ1) is 33.2. The lowest BCUT2D eigenvalue weighted by Gasteiger charge is -2.14. The summed E-state index contributed by atoms with van der Waals surface area (Å²) in [5.41, 5.74) is 14.1. The molecule has 1 aliphatic rings. The normalized spacial score (nSPS) is 12.8. The molecule has 0 amide bonds. The lowest BCUT2D eigenvalue weighted by molar-refractivity contribution is 1.18. The summed E-state index contributed by atoms with van der Waals surface area (Å²) < 4.78 is 5.23. The van der Waals surface area contributed by atoms with Gasteiger partial charge in [0, 0.05) is 36.6 Å². The molecule has 1 aliphatic heterocycles. The van der Waals surface area contributed by atoms with E-state index in [1.807, 2.05) is 11.3 Å². The molecule has 0 fully saturated rings. The highest BCUT2D eigenvalue weighted by Crippen LogP contribution is 2.43. The Labute approximate surface area is 393 Å². The molecule has 15 rings (SSSR count). The molecular formula is C64H39NSSi-. The van der Waals surface area contributed by atoms with E-state index in [1.165, 1.54) is 146 Å². The van der Waals surface area contributed by atoms with Gasteiger partial charge in [-0.25, -0.2) is 0 Å². The van der Waals surface area contributed by atoms with Gasteiger partial charge in [0.25, 0.3) is 0 Å². The van der Waals surface area contributed by atoms with E-state index >= 15 is 0 Å². The Bertz CT molecular complexity index is 4260. The standard InChI is InChI=1S/C64H39NSSi/c1-3-13-45-40(11-1)32-54(49-17-7-5-15-47(45)49)42-22-28-59-56(34-42)57-35-43(55-33-41-12-2-4-14-46(41)48-16-6-8-18-50(48)55)23-29-60(57)65(59)44-25-27-53-52-26-21-39(36-63(52)67-64(53)37-44)38-24-30-62-58(31-38)51-19-9-10-20-61(51)66-62/h1-37H,67H2/q-1. The first-order valence-corrected chi connectivity index (χ1v) is 25.5. The van der Waals surface area contributed by atoms with E-state index in [2.05, 4.69) is 229 Å².